The van der Waals surface area contributed by atoms with Gasteiger partial charge in [0, 0.05) is 50.3 Å². The summed E-state index contributed by atoms with van der Waals surface area (Å²) in [7, 11) is -19.0. The molecule has 71 heavy (non-hydrogen) atoms. The molecule has 0 amide bonds. The van der Waals surface area contributed by atoms with Gasteiger partial charge in [-0.15, -0.1) is 20.5 Å². The Hall–Kier alpha value is -7.57. The third kappa shape index (κ3) is 12.6. The zero-order chi connectivity index (χ0) is 50.8. The second-order valence-corrected chi connectivity index (χ2v) is 20.2. The molecule has 0 saturated carbocycles. The fourth-order valence-corrected chi connectivity index (χ4v) is 8.83. The van der Waals surface area contributed by atoms with Crippen LogP contribution in [0.2, 0.25) is 0 Å². The summed E-state index contributed by atoms with van der Waals surface area (Å²) in [5.41, 5.74) is 0.524. The molecule has 0 aliphatic rings. The molecule has 8 rings (SSSR count). The predicted molar refractivity (Wildman–Crippen MR) is 254 cm³/mol. The van der Waals surface area contributed by atoms with E-state index < -0.39 is 106 Å². The van der Waals surface area contributed by atoms with Gasteiger partial charge in [-0.2, -0.15) is 33.7 Å². The Morgan fingerprint density at radius 3 is 1.04 bits per heavy atom. The Bertz CT molecular complexity index is 3640. The molecule has 0 unspecified atom stereocenters. The van der Waals surface area contributed by atoms with Gasteiger partial charge in [-0.3, -0.25) is 18.2 Å². The summed E-state index contributed by atoms with van der Waals surface area (Å²) in [4.78, 5) is -2.73. The summed E-state index contributed by atoms with van der Waals surface area (Å²) in [5, 5.41) is 63.0. The summed E-state index contributed by atoms with van der Waals surface area (Å²) in [5.74, 6) is -2.33. The zero-order valence-corrected chi connectivity index (χ0v) is 39.8. The number of rotatable bonds is 12. The maximum absolute atomic E-state index is 12.1. The van der Waals surface area contributed by atoms with Crippen LogP contribution in [0.25, 0.3) is 21.5 Å². The molecule has 0 spiro atoms. The van der Waals surface area contributed by atoms with Gasteiger partial charge in [-0.1, -0.05) is 36.4 Å². The first-order valence-corrected chi connectivity index (χ1v) is 25.3. The van der Waals surface area contributed by atoms with Gasteiger partial charge in [0.1, 0.15) is 44.0 Å². The van der Waals surface area contributed by atoms with Gasteiger partial charge in [0.15, 0.2) is 11.5 Å². The third-order valence-corrected chi connectivity index (χ3v) is 13.2. The molecule has 8 aromatic rings. The van der Waals surface area contributed by atoms with Gasteiger partial charge >= 0.3 is 0 Å². The Kier molecular flexibility index (Phi) is 15.5. The molecule has 27 heteroatoms. The van der Waals surface area contributed by atoms with Crippen molar-refractivity contribution in [1.29, 1.82) is 0 Å². The van der Waals surface area contributed by atoms with Crippen LogP contribution >= 0.6 is 0 Å². The third-order valence-electron chi connectivity index (χ3n) is 9.79. The largest absolute Gasteiger partial charge is 0.506 e. The van der Waals surface area contributed by atoms with Gasteiger partial charge in [0.05, 0.1) is 9.79 Å². The van der Waals surface area contributed by atoms with Crippen LogP contribution in [-0.2, 0) is 57.3 Å². The van der Waals surface area contributed by atoms with Crippen LogP contribution in [-0.4, -0.2) is 72.3 Å². The van der Waals surface area contributed by atoms with E-state index in [4.69, 9.17) is 0 Å². The standard InChI is InChI=1S/2C22H17N3O8S2.Co/c2*26-19-9-7-16(34(28,29)30)12-18(19)24-25-21-20(35(31,32)33)11-13-10-15(6-8-17(13)22(21)27)23-14-4-2-1-3-5-14;/h2*1-12,23,26-27H,(H,28,29,30)(H,31,32,33);. The molecule has 0 aliphatic heterocycles. The summed E-state index contributed by atoms with van der Waals surface area (Å²) < 4.78 is 131. The molecule has 1 radical (unpaired) electrons. The maximum atomic E-state index is 12.1. The molecule has 0 heterocycles. The molecule has 0 atom stereocenters. The quantitative estimate of drug-likeness (QED) is 0.0401. The number of aromatic hydroxyl groups is 4. The molecular weight excluding hydrogens is 1060 g/mol. The van der Waals surface area contributed by atoms with Crippen molar-refractivity contribution in [2.24, 2.45) is 20.5 Å². The Morgan fingerprint density at radius 1 is 0.366 bits per heavy atom. The smallest absolute Gasteiger partial charge is 0.296 e. The number of hydrogen-bond acceptors (Lipinski definition) is 18. The Labute approximate surface area is 413 Å². The molecule has 8 aromatic carbocycles. The number of benzene rings is 8. The van der Waals surface area contributed by atoms with E-state index in [1.807, 2.05) is 60.7 Å². The van der Waals surface area contributed by atoms with E-state index in [1.165, 1.54) is 12.1 Å². The molecule has 0 aliphatic carbocycles. The number of phenolic OH excluding ortho intramolecular Hbond substituents is 4. The van der Waals surface area contributed by atoms with Gasteiger partial charge in [-0.25, -0.2) is 0 Å². The van der Waals surface area contributed by atoms with Crippen LogP contribution in [0.4, 0.5) is 45.5 Å². The van der Waals surface area contributed by atoms with Crippen molar-refractivity contribution >= 4 is 108 Å². The predicted octanol–water partition coefficient (Wildman–Crippen LogP) is 9.80. The van der Waals surface area contributed by atoms with Crippen molar-refractivity contribution in [3.05, 3.63) is 146 Å². The van der Waals surface area contributed by atoms with Crippen molar-refractivity contribution in [3.63, 3.8) is 0 Å². The van der Waals surface area contributed by atoms with E-state index in [-0.39, 0.29) is 38.3 Å². The first-order valence-electron chi connectivity index (χ1n) is 19.5. The van der Waals surface area contributed by atoms with Crippen molar-refractivity contribution in [1.82, 2.24) is 0 Å². The van der Waals surface area contributed by atoms with Crippen molar-refractivity contribution < 1.29 is 89.1 Å². The summed E-state index contributed by atoms with van der Waals surface area (Å²) in [6.45, 7) is 0. The van der Waals surface area contributed by atoms with Crippen LogP contribution in [0.5, 0.6) is 23.0 Å². The second kappa shape index (κ2) is 20.8. The van der Waals surface area contributed by atoms with Crippen molar-refractivity contribution in [2.45, 2.75) is 19.6 Å². The minimum atomic E-state index is -4.90. The van der Waals surface area contributed by atoms with Crippen molar-refractivity contribution in [3.8, 4) is 23.0 Å². The van der Waals surface area contributed by atoms with E-state index in [2.05, 4.69) is 31.1 Å². The maximum Gasteiger partial charge on any atom is 0.296 e. The Balaban J connectivity index is 0.000000229. The number of para-hydroxylation sites is 2. The summed E-state index contributed by atoms with van der Waals surface area (Å²) in [6.07, 6.45) is 0. The number of azo groups is 2. The molecule has 0 aromatic heterocycles. The first kappa shape index (κ1) is 52.8. The van der Waals surface area contributed by atoms with Crippen LogP contribution < -0.4 is 10.6 Å². The average Bonchev–Trinajstić information content (AvgIpc) is 3.28. The number of hydrogen-bond donors (Lipinski definition) is 10. The topological polar surface area (TPSA) is 372 Å². The molecule has 0 bridgehead atoms. The molecule has 0 saturated heterocycles. The van der Waals surface area contributed by atoms with Crippen LogP contribution in [0.1, 0.15) is 0 Å². The average molecular weight is 1090 g/mol. The first-order chi connectivity index (χ1) is 32.9. The van der Waals surface area contributed by atoms with E-state index in [9.17, 15) is 72.3 Å². The number of nitrogens with one attached hydrogen (secondary N) is 2. The molecule has 369 valence electrons. The molecule has 0 fully saturated rings. The van der Waals surface area contributed by atoms with Gasteiger partial charge in [-0.05, 0) is 120 Å². The van der Waals surface area contributed by atoms with E-state index in [1.54, 1.807) is 24.3 Å². The fraction of sp³-hybridized carbons (Fsp3) is 0. The Morgan fingerprint density at radius 2 is 0.718 bits per heavy atom. The minimum absolute atomic E-state index is 0. The number of anilines is 4. The van der Waals surface area contributed by atoms with Gasteiger partial charge in [0.25, 0.3) is 40.5 Å². The molecular formula is C44H34CoN6O16S4. The van der Waals surface area contributed by atoms with E-state index in [0.29, 0.717) is 11.4 Å². The molecule has 10 N–H and O–H groups in total. The number of fused-ring (bicyclic) bond motifs is 2. The van der Waals surface area contributed by atoms with E-state index in [0.717, 1.165) is 59.9 Å². The number of nitrogens with zero attached hydrogens (tertiary/aromatic N) is 4. The van der Waals surface area contributed by atoms with Gasteiger partial charge < -0.3 is 31.1 Å². The van der Waals surface area contributed by atoms with Gasteiger partial charge in [0.2, 0.25) is 0 Å². The fourth-order valence-electron chi connectivity index (χ4n) is 6.52. The number of phenols is 4. The van der Waals surface area contributed by atoms with Crippen LogP contribution in [0.3, 0.4) is 0 Å². The van der Waals surface area contributed by atoms with Crippen molar-refractivity contribution in [2.75, 3.05) is 10.6 Å². The molecule has 22 nitrogen and oxygen atoms in total. The monoisotopic (exact) mass is 1090 g/mol. The zero-order valence-electron chi connectivity index (χ0n) is 35.5. The summed E-state index contributed by atoms with van der Waals surface area (Å²) >= 11 is 0. The SMILES string of the molecule is O=S(=O)(O)c1ccc(O)c(N=Nc2c(S(=O)(=O)O)cc3cc(Nc4ccccc4)ccc3c2O)c1.O=S(=O)(O)c1ccc(O)c(N=Nc2c(S(=O)(=O)O)cc3cc(Nc4ccccc4)ccc3c2O)c1.[Co]. The van der Waals surface area contributed by atoms with Crippen LogP contribution in [0, 0.1) is 0 Å². The van der Waals surface area contributed by atoms with Crippen LogP contribution in [0.15, 0.2) is 186 Å². The summed E-state index contributed by atoms with van der Waals surface area (Å²) in [6, 6.07) is 35.1. The minimum Gasteiger partial charge on any atom is -0.506 e. The normalized spacial score (nSPS) is 12.1. The van der Waals surface area contributed by atoms with E-state index >= 15 is 0 Å². The second-order valence-electron chi connectivity index (χ2n) is 14.6.